The molecule has 1 aromatic carbocycles. The molecule has 6 heteroatoms. The van der Waals surface area contributed by atoms with Gasteiger partial charge < -0.3 is 10.2 Å². The Kier molecular flexibility index (Phi) is 3.90. The van der Waals surface area contributed by atoms with Gasteiger partial charge in [-0.3, -0.25) is 10.1 Å². The van der Waals surface area contributed by atoms with Crippen molar-refractivity contribution in [1.82, 2.24) is 10.2 Å². The van der Waals surface area contributed by atoms with Crippen molar-refractivity contribution in [2.75, 3.05) is 11.9 Å². The molecule has 0 saturated carbocycles. The molecule has 0 unspecified atom stereocenters. The maximum Gasteiger partial charge on any atom is 0.322 e. The summed E-state index contributed by atoms with van der Waals surface area (Å²) in [4.78, 5) is 11.9. The van der Waals surface area contributed by atoms with Crippen LogP contribution in [0.2, 0.25) is 0 Å². The van der Waals surface area contributed by atoms with E-state index in [-0.39, 0.29) is 18.5 Å². The molecule has 6 nitrogen and oxygen atoms in total. The number of nitrogens with zero attached hydrogens (tertiary/aromatic N) is 2. The van der Waals surface area contributed by atoms with E-state index in [1.54, 1.807) is 31.2 Å². The molecule has 0 bridgehead atoms. The van der Waals surface area contributed by atoms with Crippen LogP contribution in [0.15, 0.2) is 28.7 Å². The lowest BCUT2D eigenvalue weighted by molar-refractivity contribution is 0.102. The third kappa shape index (κ3) is 3.40. The van der Waals surface area contributed by atoms with Crippen molar-refractivity contribution in [1.29, 1.82) is 0 Å². The minimum Gasteiger partial charge on any atom is -0.408 e. The molecule has 2 aromatic rings. The molecule has 19 heavy (non-hydrogen) atoms. The summed E-state index contributed by atoms with van der Waals surface area (Å²) in [6, 6.07) is 6.96. The quantitative estimate of drug-likeness (QED) is 0.780. The van der Waals surface area contributed by atoms with E-state index in [0.29, 0.717) is 11.5 Å². The van der Waals surface area contributed by atoms with Crippen LogP contribution in [-0.2, 0) is 0 Å². The minimum atomic E-state index is -0.333. The third-order valence-electron chi connectivity index (χ3n) is 2.21. The SMILES string of the molecule is Cc1nnc(NC(=O)c2cccc(C#CCN)c2)o1. The number of hydrogen-bond donors (Lipinski definition) is 2. The molecular weight excluding hydrogens is 244 g/mol. The highest BCUT2D eigenvalue weighted by atomic mass is 16.4. The Balaban J connectivity index is 2.15. The summed E-state index contributed by atoms with van der Waals surface area (Å²) in [5.74, 6) is 5.64. The number of aromatic nitrogens is 2. The summed E-state index contributed by atoms with van der Waals surface area (Å²) in [6.45, 7) is 1.92. The van der Waals surface area contributed by atoms with Crippen molar-refractivity contribution in [2.45, 2.75) is 6.92 Å². The second-order valence-electron chi connectivity index (χ2n) is 3.67. The van der Waals surface area contributed by atoms with Gasteiger partial charge in [-0.2, -0.15) is 0 Å². The van der Waals surface area contributed by atoms with Crippen molar-refractivity contribution >= 4 is 11.9 Å². The predicted molar refractivity (Wildman–Crippen MR) is 69.4 cm³/mol. The molecular formula is C13H12N4O2. The largest absolute Gasteiger partial charge is 0.408 e. The lowest BCUT2D eigenvalue weighted by Crippen LogP contribution is -2.12. The van der Waals surface area contributed by atoms with Crippen LogP contribution in [0.1, 0.15) is 21.8 Å². The fourth-order valence-corrected chi connectivity index (χ4v) is 1.41. The predicted octanol–water partition coefficient (Wildman–Crippen LogP) is 0.941. The zero-order valence-corrected chi connectivity index (χ0v) is 10.3. The average molecular weight is 256 g/mol. The summed E-state index contributed by atoms with van der Waals surface area (Å²) in [5, 5.41) is 9.82. The van der Waals surface area contributed by atoms with Gasteiger partial charge in [0.1, 0.15) is 0 Å². The number of carbonyl (C=O) groups excluding carboxylic acids is 1. The van der Waals surface area contributed by atoms with Crippen molar-refractivity contribution in [2.24, 2.45) is 5.73 Å². The first-order valence-electron chi connectivity index (χ1n) is 5.59. The number of carbonyl (C=O) groups is 1. The minimum absolute atomic E-state index is 0.0703. The lowest BCUT2D eigenvalue weighted by atomic mass is 10.1. The van der Waals surface area contributed by atoms with Crippen LogP contribution in [0.3, 0.4) is 0 Å². The Morgan fingerprint density at radius 3 is 3.00 bits per heavy atom. The highest BCUT2D eigenvalue weighted by molar-refractivity contribution is 6.03. The molecule has 0 aliphatic carbocycles. The lowest BCUT2D eigenvalue weighted by Gasteiger charge is -2.00. The third-order valence-corrected chi connectivity index (χ3v) is 2.21. The normalized spacial score (nSPS) is 9.58. The molecule has 96 valence electrons. The van der Waals surface area contributed by atoms with Gasteiger partial charge in [-0.1, -0.05) is 23.0 Å². The van der Waals surface area contributed by atoms with Crippen LogP contribution < -0.4 is 11.1 Å². The number of aryl methyl sites for hydroxylation is 1. The first-order valence-corrected chi connectivity index (χ1v) is 5.59. The highest BCUT2D eigenvalue weighted by Crippen LogP contribution is 2.09. The maximum atomic E-state index is 11.9. The van der Waals surface area contributed by atoms with Gasteiger partial charge in [-0.15, -0.1) is 5.10 Å². The van der Waals surface area contributed by atoms with Gasteiger partial charge in [0.2, 0.25) is 5.89 Å². The van der Waals surface area contributed by atoms with E-state index in [9.17, 15) is 4.79 Å². The molecule has 3 N–H and O–H groups in total. The van der Waals surface area contributed by atoms with E-state index in [4.69, 9.17) is 10.2 Å². The zero-order chi connectivity index (χ0) is 13.7. The molecule has 0 saturated heterocycles. The summed E-state index contributed by atoms with van der Waals surface area (Å²) in [7, 11) is 0. The Morgan fingerprint density at radius 2 is 2.32 bits per heavy atom. The topological polar surface area (TPSA) is 94.0 Å². The summed E-state index contributed by atoms with van der Waals surface area (Å²) < 4.78 is 5.07. The fourth-order valence-electron chi connectivity index (χ4n) is 1.41. The van der Waals surface area contributed by atoms with Crippen molar-refractivity contribution < 1.29 is 9.21 Å². The van der Waals surface area contributed by atoms with Crippen molar-refractivity contribution in [3.63, 3.8) is 0 Å². The van der Waals surface area contributed by atoms with E-state index in [2.05, 4.69) is 27.4 Å². The first-order chi connectivity index (χ1) is 9.19. The fraction of sp³-hybridized carbons (Fsp3) is 0.154. The van der Waals surface area contributed by atoms with E-state index in [1.807, 2.05) is 0 Å². The molecule has 1 heterocycles. The Hall–Kier alpha value is -2.65. The van der Waals surface area contributed by atoms with E-state index in [1.165, 1.54) is 0 Å². The zero-order valence-electron chi connectivity index (χ0n) is 10.3. The molecule has 0 atom stereocenters. The van der Waals surface area contributed by atoms with Crippen LogP contribution in [0.5, 0.6) is 0 Å². The number of hydrogen-bond acceptors (Lipinski definition) is 5. The molecule has 1 amide bonds. The Morgan fingerprint density at radius 1 is 1.47 bits per heavy atom. The number of rotatable bonds is 2. The summed E-state index contributed by atoms with van der Waals surface area (Å²) in [6.07, 6.45) is 0. The second kappa shape index (κ2) is 5.80. The average Bonchev–Trinajstić information content (AvgIpc) is 2.82. The summed E-state index contributed by atoms with van der Waals surface area (Å²) in [5.41, 5.74) is 6.48. The van der Waals surface area contributed by atoms with E-state index >= 15 is 0 Å². The van der Waals surface area contributed by atoms with Crippen LogP contribution >= 0.6 is 0 Å². The number of anilines is 1. The van der Waals surface area contributed by atoms with Crippen LogP contribution in [-0.4, -0.2) is 22.6 Å². The molecule has 0 spiro atoms. The molecule has 0 aliphatic heterocycles. The van der Waals surface area contributed by atoms with Gasteiger partial charge in [-0.25, -0.2) is 0 Å². The molecule has 2 rings (SSSR count). The molecule has 0 radical (unpaired) electrons. The Bertz CT molecular complexity index is 652. The van der Waals surface area contributed by atoms with Gasteiger partial charge in [0.15, 0.2) is 0 Å². The maximum absolute atomic E-state index is 11.9. The monoisotopic (exact) mass is 256 g/mol. The van der Waals surface area contributed by atoms with Crippen molar-refractivity contribution in [3.8, 4) is 11.8 Å². The molecule has 0 aliphatic rings. The number of nitrogens with two attached hydrogens (primary N) is 1. The van der Waals surface area contributed by atoms with E-state index < -0.39 is 0 Å². The van der Waals surface area contributed by atoms with Crippen LogP contribution in [0.25, 0.3) is 0 Å². The van der Waals surface area contributed by atoms with Gasteiger partial charge in [0.25, 0.3) is 5.91 Å². The van der Waals surface area contributed by atoms with Gasteiger partial charge >= 0.3 is 6.01 Å². The van der Waals surface area contributed by atoms with Crippen LogP contribution in [0.4, 0.5) is 6.01 Å². The number of benzene rings is 1. The second-order valence-corrected chi connectivity index (χ2v) is 3.67. The summed E-state index contributed by atoms with van der Waals surface area (Å²) >= 11 is 0. The smallest absolute Gasteiger partial charge is 0.322 e. The number of amides is 1. The molecule has 0 fully saturated rings. The van der Waals surface area contributed by atoms with E-state index in [0.717, 1.165) is 5.56 Å². The van der Waals surface area contributed by atoms with Gasteiger partial charge in [0.05, 0.1) is 6.54 Å². The van der Waals surface area contributed by atoms with Crippen molar-refractivity contribution in [3.05, 3.63) is 41.3 Å². The highest BCUT2D eigenvalue weighted by Gasteiger charge is 2.10. The van der Waals surface area contributed by atoms with Gasteiger partial charge in [0, 0.05) is 18.1 Å². The van der Waals surface area contributed by atoms with Crippen LogP contribution in [0, 0.1) is 18.8 Å². The first kappa shape index (κ1) is 12.8. The Labute approximate surface area is 110 Å². The van der Waals surface area contributed by atoms with Gasteiger partial charge in [-0.05, 0) is 18.2 Å². The molecule has 1 aromatic heterocycles. The number of nitrogens with one attached hydrogen (secondary N) is 1. The standard InChI is InChI=1S/C13H12N4O2/c1-9-16-17-13(19-9)15-12(18)11-6-2-4-10(8-11)5-3-7-14/h2,4,6,8H,7,14H2,1H3,(H,15,17,18).